The van der Waals surface area contributed by atoms with Crippen molar-refractivity contribution in [3.05, 3.63) is 0 Å². The summed E-state index contributed by atoms with van der Waals surface area (Å²) >= 11 is 0. The van der Waals surface area contributed by atoms with E-state index in [1.807, 2.05) is 19.0 Å². The first-order valence-electron chi connectivity index (χ1n) is 5.99. The van der Waals surface area contributed by atoms with Gasteiger partial charge in [0.1, 0.15) is 0 Å². The molecule has 1 amide bonds. The van der Waals surface area contributed by atoms with Crippen LogP contribution in [0.1, 0.15) is 32.6 Å². The van der Waals surface area contributed by atoms with Crippen LogP contribution >= 0.6 is 0 Å². The molecule has 0 radical (unpaired) electrons. The molecule has 1 rings (SSSR count). The van der Waals surface area contributed by atoms with Gasteiger partial charge in [-0.05, 0) is 38.8 Å². The summed E-state index contributed by atoms with van der Waals surface area (Å²) in [4.78, 5) is 13.3. The summed E-state index contributed by atoms with van der Waals surface area (Å²) in [6.45, 7) is 3.70. The number of nitrogens with zero attached hydrogens (tertiary/aromatic N) is 1. The molecule has 3 nitrogen and oxygen atoms in total. The minimum absolute atomic E-state index is 0.152. The fourth-order valence-corrected chi connectivity index (χ4v) is 2.13. The number of likely N-dealkylation sites (N-methyl/N-ethyl adjacent to an activating group) is 1. The van der Waals surface area contributed by atoms with Crippen molar-refractivity contribution in [2.75, 3.05) is 27.2 Å². The van der Waals surface area contributed by atoms with Crippen LogP contribution in [-0.2, 0) is 4.79 Å². The quantitative estimate of drug-likeness (QED) is 0.766. The topological polar surface area (TPSA) is 32.3 Å². The lowest BCUT2D eigenvalue weighted by atomic mass is 9.83. The van der Waals surface area contributed by atoms with E-state index in [4.69, 9.17) is 0 Å². The van der Waals surface area contributed by atoms with E-state index in [1.54, 1.807) is 0 Å². The summed E-state index contributed by atoms with van der Waals surface area (Å²) in [5, 5.41) is 3.02. The van der Waals surface area contributed by atoms with Crippen LogP contribution in [0.2, 0.25) is 0 Å². The fraction of sp³-hybridized carbons (Fsp3) is 0.917. The maximum absolute atomic E-state index is 11.4. The maximum atomic E-state index is 11.4. The number of nitrogens with one attached hydrogen (secondary N) is 1. The number of rotatable bonds is 4. The van der Waals surface area contributed by atoms with Crippen LogP contribution in [0.3, 0.4) is 0 Å². The zero-order chi connectivity index (χ0) is 11.3. The molecule has 88 valence electrons. The molecule has 0 saturated heterocycles. The van der Waals surface area contributed by atoms with Gasteiger partial charge in [-0.3, -0.25) is 4.79 Å². The highest BCUT2D eigenvalue weighted by Gasteiger charge is 2.18. The van der Waals surface area contributed by atoms with E-state index in [2.05, 4.69) is 12.2 Å². The first-order valence-corrected chi connectivity index (χ1v) is 5.99. The van der Waals surface area contributed by atoms with Crippen LogP contribution in [0.25, 0.3) is 0 Å². The van der Waals surface area contributed by atoms with Crippen LogP contribution < -0.4 is 5.32 Å². The lowest BCUT2D eigenvalue weighted by molar-refractivity contribution is -0.121. The normalized spacial score (nSPS) is 26.7. The molecule has 0 aromatic heterocycles. The van der Waals surface area contributed by atoms with E-state index in [-0.39, 0.29) is 5.91 Å². The van der Waals surface area contributed by atoms with Gasteiger partial charge in [0.25, 0.3) is 0 Å². The molecule has 0 bridgehead atoms. The predicted octanol–water partition coefficient (Wildman–Crippen LogP) is 1.49. The van der Waals surface area contributed by atoms with Crippen molar-refractivity contribution in [3.63, 3.8) is 0 Å². The SMILES string of the molecule is CC1CCC(CNC(=O)CN(C)C)CC1. The van der Waals surface area contributed by atoms with Crippen LogP contribution in [-0.4, -0.2) is 38.0 Å². The molecule has 3 heteroatoms. The molecule has 0 aromatic rings. The minimum atomic E-state index is 0.152. The van der Waals surface area contributed by atoms with Gasteiger partial charge in [0.15, 0.2) is 0 Å². The summed E-state index contributed by atoms with van der Waals surface area (Å²) in [5.41, 5.74) is 0. The third-order valence-electron chi connectivity index (χ3n) is 3.18. The van der Waals surface area contributed by atoms with Crippen molar-refractivity contribution in [2.45, 2.75) is 32.6 Å². The largest absolute Gasteiger partial charge is 0.355 e. The Balaban J connectivity index is 2.12. The minimum Gasteiger partial charge on any atom is -0.355 e. The number of hydrogen-bond donors (Lipinski definition) is 1. The van der Waals surface area contributed by atoms with Crippen molar-refractivity contribution >= 4 is 5.91 Å². The Labute approximate surface area is 93.2 Å². The smallest absolute Gasteiger partial charge is 0.234 e. The highest BCUT2D eigenvalue weighted by atomic mass is 16.1. The van der Waals surface area contributed by atoms with Crippen molar-refractivity contribution in [1.82, 2.24) is 10.2 Å². The highest BCUT2D eigenvalue weighted by Crippen LogP contribution is 2.27. The van der Waals surface area contributed by atoms with Gasteiger partial charge in [0.2, 0.25) is 5.91 Å². The zero-order valence-electron chi connectivity index (χ0n) is 10.3. The Hall–Kier alpha value is -0.570. The number of amides is 1. The lowest BCUT2D eigenvalue weighted by Gasteiger charge is -2.26. The van der Waals surface area contributed by atoms with Crippen LogP contribution in [0.5, 0.6) is 0 Å². The summed E-state index contributed by atoms with van der Waals surface area (Å²) in [6, 6.07) is 0. The first kappa shape index (κ1) is 12.5. The molecule has 1 fully saturated rings. The van der Waals surface area contributed by atoms with E-state index in [0.29, 0.717) is 12.5 Å². The van der Waals surface area contributed by atoms with Gasteiger partial charge in [0, 0.05) is 6.54 Å². The van der Waals surface area contributed by atoms with Crippen molar-refractivity contribution in [1.29, 1.82) is 0 Å². The molecule has 1 aliphatic rings. The molecular weight excluding hydrogens is 188 g/mol. The summed E-state index contributed by atoms with van der Waals surface area (Å²) < 4.78 is 0. The zero-order valence-corrected chi connectivity index (χ0v) is 10.3. The Morgan fingerprint density at radius 2 is 1.87 bits per heavy atom. The Morgan fingerprint density at radius 1 is 1.27 bits per heavy atom. The van der Waals surface area contributed by atoms with Gasteiger partial charge < -0.3 is 10.2 Å². The molecule has 0 aromatic carbocycles. The monoisotopic (exact) mass is 212 g/mol. The second-order valence-corrected chi connectivity index (χ2v) is 5.17. The Kier molecular flexibility index (Phi) is 5.09. The van der Waals surface area contributed by atoms with Gasteiger partial charge in [-0.25, -0.2) is 0 Å². The number of carbonyl (C=O) groups excluding carboxylic acids is 1. The molecule has 1 saturated carbocycles. The van der Waals surface area contributed by atoms with Crippen LogP contribution in [0.4, 0.5) is 0 Å². The second kappa shape index (κ2) is 6.11. The molecule has 0 aliphatic heterocycles. The van der Waals surface area contributed by atoms with Crippen molar-refractivity contribution in [3.8, 4) is 0 Å². The van der Waals surface area contributed by atoms with Gasteiger partial charge in [-0.15, -0.1) is 0 Å². The van der Waals surface area contributed by atoms with Crippen molar-refractivity contribution in [2.24, 2.45) is 11.8 Å². The highest BCUT2D eigenvalue weighted by molar-refractivity contribution is 5.77. The average molecular weight is 212 g/mol. The fourth-order valence-electron chi connectivity index (χ4n) is 2.13. The molecule has 0 atom stereocenters. The Bertz CT molecular complexity index is 196. The molecule has 0 unspecified atom stereocenters. The standard InChI is InChI=1S/C12H24N2O/c1-10-4-6-11(7-5-10)8-13-12(15)9-14(2)3/h10-11H,4-9H2,1-3H3,(H,13,15). The number of hydrogen-bond acceptors (Lipinski definition) is 2. The van der Waals surface area contributed by atoms with E-state index in [0.717, 1.165) is 12.5 Å². The predicted molar refractivity (Wildman–Crippen MR) is 62.7 cm³/mol. The third kappa shape index (κ3) is 5.17. The summed E-state index contributed by atoms with van der Waals surface area (Å²) in [6.07, 6.45) is 5.22. The molecular formula is C12H24N2O. The average Bonchev–Trinajstić information content (AvgIpc) is 2.16. The molecule has 0 heterocycles. The van der Waals surface area contributed by atoms with Gasteiger partial charge in [0.05, 0.1) is 6.54 Å². The third-order valence-corrected chi connectivity index (χ3v) is 3.18. The maximum Gasteiger partial charge on any atom is 0.234 e. The van der Waals surface area contributed by atoms with E-state index >= 15 is 0 Å². The van der Waals surface area contributed by atoms with Crippen LogP contribution in [0.15, 0.2) is 0 Å². The van der Waals surface area contributed by atoms with Gasteiger partial charge >= 0.3 is 0 Å². The molecule has 1 aliphatic carbocycles. The summed E-state index contributed by atoms with van der Waals surface area (Å²) in [5.74, 6) is 1.75. The van der Waals surface area contributed by atoms with E-state index < -0.39 is 0 Å². The van der Waals surface area contributed by atoms with E-state index in [1.165, 1.54) is 25.7 Å². The first-order chi connectivity index (χ1) is 7.08. The molecule has 1 N–H and O–H groups in total. The number of carbonyl (C=O) groups is 1. The second-order valence-electron chi connectivity index (χ2n) is 5.17. The van der Waals surface area contributed by atoms with Gasteiger partial charge in [-0.2, -0.15) is 0 Å². The Morgan fingerprint density at radius 3 is 2.40 bits per heavy atom. The summed E-state index contributed by atoms with van der Waals surface area (Å²) in [7, 11) is 3.84. The molecule has 15 heavy (non-hydrogen) atoms. The van der Waals surface area contributed by atoms with Gasteiger partial charge in [-0.1, -0.05) is 19.8 Å². The lowest BCUT2D eigenvalue weighted by Crippen LogP contribution is -2.36. The van der Waals surface area contributed by atoms with Crippen LogP contribution in [0, 0.1) is 11.8 Å². The molecule has 0 spiro atoms. The van der Waals surface area contributed by atoms with Crippen molar-refractivity contribution < 1.29 is 4.79 Å². The van der Waals surface area contributed by atoms with E-state index in [9.17, 15) is 4.79 Å².